The smallest absolute Gasteiger partial charge is 0.480 e. The summed E-state index contributed by atoms with van der Waals surface area (Å²) >= 11 is 12.1. The molecule has 0 amide bonds. The van der Waals surface area contributed by atoms with Crippen LogP contribution < -0.4 is 5.32 Å². The van der Waals surface area contributed by atoms with Gasteiger partial charge in [-0.05, 0) is 41.2 Å². The second-order valence-electron chi connectivity index (χ2n) is 10.5. The number of hydrogen-bond acceptors (Lipinski definition) is 4. The highest BCUT2D eigenvalue weighted by molar-refractivity contribution is 6.31. The highest BCUT2D eigenvalue weighted by atomic mass is 35.5. The van der Waals surface area contributed by atoms with Crippen molar-refractivity contribution in [2.75, 3.05) is 0 Å². The number of carboxylic acid groups (broad SMARTS) is 2. The van der Waals surface area contributed by atoms with Gasteiger partial charge in [0.25, 0.3) is 0 Å². The second kappa shape index (κ2) is 12.9. The number of nitrogens with zero attached hydrogens (tertiary/aromatic N) is 1. The zero-order valence-electron chi connectivity index (χ0n) is 22.6. The van der Waals surface area contributed by atoms with E-state index in [4.69, 9.17) is 33.1 Å². The molecule has 0 radical (unpaired) electrons. The molecule has 0 bridgehead atoms. The number of carboxylic acids is 2. The Hall–Kier alpha value is -3.72. The van der Waals surface area contributed by atoms with E-state index < -0.39 is 58.6 Å². The van der Waals surface area contributed by atoms with Crippen LogP contribution in [0.15, 0.2) is 66.7 Å². The lowest BCUT2D eigenvalue weighted by Crippen LogP contribution is -2.46. The van der Waals surface area contributed by atoms with Crippen LogP contribution in [0, 0.1) is 23.0 Å². The van der Waals surface area contributed by atoms with Crippen molar-refractivity contribution in [3.63, 3.8) is 0 Å². The third-order valence-corrected chi connectivity index (χ3v) is 7.94. The maximum absolute atomic E-state index is 15.5. The molecule has 1 heterocycles. The molecule has 0 unspecified atom stereocenters. The molecule has 13 heteroatoms. The van der Waals surface area contributed by atoms with Crippen molar-refractivity contribution in [2.24, 2.45) is 0 Å². The molecule has 3 N–H and O–H groups in total. The largest absolute Gasteiger partial charge is 0.490 e. The van der Waals surface area contributed by atoms with Crippen molar-refractivity contribution in [2.45, 2.75) is 55.3 Å². The van der Waals surface area contributed by atoms with Gasteiger partial charge in [-0.1, -0.05) is 85.6 Å². The summed E-state index contributed by atoms with van der Waals surface area (Å²) in [6.07, 6.45) is -4.82. The van der Waals surface area contributed by atoms with Gasteiger partial charge in [0.1, 0.15) is 23.1 Å². The van der Waals surface area contributed by atoms with E-state index in [0.29, 0.717) is 0 Å². The average molecular weight is 643 g/mol. The third kappa shape index (κ3) is 6.93. The van der Waals surface area contributed by atoms with Crippen LogP contribution in [0.2, 0.25) is 10.0 Å². The molecular weight excluding hydrogens is 618 g/mol. The molecule has 4 rings (SSSR count). The number of aliphatic carboxylic acids is 2. The van der Waals surface area contributed by atoms with Crippen molar-refractivity contribution in [3.05, 3.63) is 105 Å². The number of nitriles is 1. The van der Waals surface area contributed by atoms with Crippen LogP contribution in [0.1, 0.15) is 42.9 Å². The first kappa shape index (κ1) is 33.8. The maximum Gasteiger partial charge on any atom is 0.490 e. The molecule has 1 aliphatic heterocycles. The Balaban J connectivity index is 0.000000646. The number of alkyl halides is 3. The number of carbonyl (C=O) groups is 2. The summed E-state index contributed by atoms with van der Waals surface area (Å²) < 4.78 is 62.7. The molecule has 6 nitrogen and oxygen atoms in total. The number of rotatable bonds is 6. The van der Waals surface area contributed by atoms with Gasteiger partial charge in [-0.25, -0.2) is 13.6 Å². The first-order chi connectivity index (χ1) is 20.0. The lowest BCUT2D eigenvalue weighted by Gasteiger charge is -2.38. The first-order valence-corrected chi connectivity index (χ1v) is 13.4. The SMILES string of the molecule is CC(C)(C[C@@H]1N[C@@H](C(=O)O)[C@H](c2cccc(Cl)c2F)[C@@]1(C#N)c1ccc(Cl)cc1F)c1ccccc1.O=C(O)C(F)(F)F. The quantitative estimate of drug-likeness (QED) is 0.244. The summed E-state index contributed by atoms with van der Waals surface area (Å²) in [5.41, 5.74) is -1.51. The van der Waals surface area contributed by atoms with Crippen LogP contribution in [0.4, 0.5) is 22.0 Å². The summed E-state index contributed by atoms with van der Waals surface area (Å²) in [5, 5.41) is 31.0. The molecule has 1 aliphatic rings. The molecule has 0 spiro atoms. The minimum absolute atomic E-state index is 0.0520. The van der Waals surface area contributed by atoms with Gasteiger partial charge in [-0.3, -0.25) is 10.1 Å². The predicted octanol–water partition coefficient (Wildman–Crippen LogP) is 7.24. The topological polar surface area (TPSA) is 110 Å². The predicted molar refractivity (Wildman–Crippen MR) is 149 cm³/mol. The number of benzene rings is 3. The van der Waals surface area contributed by atoms with Crippen LogP contribution in [0.25, 0.3) is 0 Å². The van der Waals surface area contributed by atoms with Crippen LogP contribution in [0.5, 0.6) is 0 Å². The molecule has 1 saturated heterocycles. The van der Waals surface area contributed by atoms with Crippen molar-refractivity contribution >= 4 is 35.1 Å². The summed E-state index contributed by atoms with van der Waals surface area (Å²) in [6.45, 7) is 3.93. The van der Waals surface area contributed by atoms with Crippen molar-refractivity contribution < 1.29 is 41.8 Å². The van der Waals surface area contributed by atoms with E-state index in [1.165, 1.54) is 30.3 Å². The standard InChI is InChI=1S/C28H24Cl2F2N2O2.C2HF3O2/c1-27(2,16-7-4-3-5-8-16)14-22-28(15-33,19-12-11-17(29)13-21(19)31)23(25(34-22)26(35)36)18-9-6-10-20(30)24(18)32;3-2(4,5)1(6)7/h3-13,22-23,25,34H,14H2,1-2H3,(H,35,36);(H,6,7)/t22-,23-,25+,28-;/m0./s1. The zero-order valence-corrected chi connectivity index (χ0v) is 24.1. The minimum Gasteiger partial charge on any atom is -0.480 e. The summed E-state index contributed by atoms with van der Waals surface area (Å²) in [6, 6.07) is 17.7. The molecule has 43 heavy (non-hydrogen) atoms. The molecule has 4 atom stereocenters. The van der Waals surface area contributed by atoms with Gasteiger partial charge in [-0.2, -0.15) is 18.4 Å². The molecule has 0 saturated carbocycles. The van der Waals surface area contributed by atoms with Gasteiger partial charge in [0.2, 0.25) is 0 Å². The number of nitrogens with one attached hydrogen (secondary N) is 1. The average Bonchev–Trinajstić information content (AvgIpc) is 3.24. The Labute approximate surface area is 253 Å². The second-order valence-corrected chi connectivity index (χ2v) is 11.4. The van der Waals surface area contributed by atoms with Gasteiger partial charge in [0, 0.05) is 22.5 Å². The fourth-order valence-electron chi connectivity index (χ4n) is 5.45. The molecular formula is C30H25Cl2F5N2O4. The number of hydrogen-bond donors (Lipinski definition) is 3. The van der Waals surface area contributed by atoms with E-state index in [1.807, 2.05) is 44.2 Å². The Morgan fingerprint density at radius 1 is 1.00 bits per heavy atom. The monoisotopic (exact) mass is 642 g/mol. The maximum atomic E-state index is 15.5. The zero-order chi connectivity index (χ0) is 32.3. The summed E-state index contributed by atoms with van der Waals surface area (Å²) in [7, 11) is 0. The van der Waals surface area contributed by atoms with E-state index in [1.54, 1.807) is 0 Å². The highest BCUT2D eigenvalue weighted by Crippen LogP contribution is 2.53. The van der Waals surface area contributed by atoms with Crippen LogP contribution in [-0.4, -0.2) is 40.4 Å². The van der Waals surface area contributed by atoms with E-state index in [9.17, 15) is 28.3 Å². The van der Waals surface area contributed by atoms with E-state index in [2.05, 4.69) is 11.4 Å². The molecule has 0 aliphatic carbocycles. The van der Waals surface area contributed by atoms with Crippen LogP contribution >= 0.6 is 23.2 Å². The van der Waals surface area contributed by atoms with Crippen molar-refractivity contribution in [3.8, 4) is 6.07 Å². The molecule has 0 aromatic heterocycles. The molecule has 228 valence electrons. The van der Waals surface area contributed by atoms with Crippen molar-refractivity contribution in [1.82, 2.24) is 5.32 Å². The Kier molecular flexibility index (Phi) is 10.1. The van der Waals surface area contributed by atoms with Gasteiger partial charge >= 0.3 is 18.1 Å². The first-order valence-electron chi connectivity index (χ1n) is 12.6. The summed E-state index contributed by atoms with van der Waals surface area (Å²) in [4.78, 5) is 21.4. The fourth-order valence-corrected chi connectivity index (χ4v) is 5.79. The normalized spacial score (nSPS) is 21.8. The summed E-state index contributed by atoms with van der Waals surface area (Å²) in [5.74, 6) is -6.94. The Bertz CT molecular complexity index is 1550. The molecule has 3 aromatic rings. The van der Waals surface area contributed by atoms with Crippen LogP contribution in [-0.2, 0) is 20.4 Å². The number of halogens is 7. The van der Waals surface area contributed by atoms with Gasteiger partial charge in [0.15, 0.2) is 0 Å². The van der Waals surface area contributed by atoms with E-state index in [-0.39, 0.29) is 27.6 Å². The molecule has 1 fully saturated rings. The third-order valence-electron chi connectivity index (χ3n) is 7.41. The lowest BCUT2D eigenvalue weighted by molar-refractivity contribution is -0.192. The minimum atomic E-state index is -5.08. The van der Waals surface area contributed by atoms with Gasteiger partial charge in [-0.15, -0.1) is 0 Å². The van der Waals surface area contributed by atoms with Crippen LogP contribution in [0.3, 0.4) is 0 Å². The van der Waals surface area contributed by atoms with Gasteiger partial charge < -0.3 is 10.2 Å². The molecule has 3 aromatic carbocycles. The van der Waals surface area contributed by atoms with E-state index >= 15 is 8.78 Å². The Morgan fingerprint density at radius 2 is 1.60 bits per heavy atom. The fraction of sp³-hybridized carbons (Fsp3) is 0.300. The van der Waals surface area contributed by atoms with Crippen molar-refractivity contribution in [1.29, 1.82) is 5.26 Å². The van der Waals surface area contributed by atoms with Gasteiger partial charge in [0.05, 0.1) is 11.1 Å². The lowest BCUT2D eigenvalue weighted by atomic mass is 9.62. The highest BCUT2D eigenvalue weighted by Gasteiger charge is 2.61. The Morgan fingerprint density at radius 3 is 2.12 bits per heavy atom. The van der Waals surface area contributed by atoms with E-state index in [0.717, 1.165) is 11.6 Å².